The van der Waals surface area contributed by atoms with Gasteiger partial charge in [-0.05, 0) is 32.4 Å². The molecule has 2 aliphatic heterocycles. The number of anilines is 1. The second kappa shape index (κ2) is 6.55. The van der Waals surface area contributed by atoms with E-state index >= 15 is 0 Å². The molecule has 0 spiro atoms. The van der Waals surface area contributed by atoms with Crippen LogP contribution in [0, 0.1) is 0 Å². The average molecular weight is 274 g/mol. The number of nitrogens with zero attached hydrogens (tertiary/aromatic N) is 4. The highest BCUT2D eigenvalue weighted by molar-refractivity contribution is 5.47. The van der Waals surface area contributed by atoms with Crippen molar-refractivity contribution in [2.45, 2.75) is 25.8 Å². The number of piperazine rings is 1. The van der Waals surface area contributed by atoms with Crippen LogP contribution in [0.15, 0.2) is 18.3 Å². The summed E-state index contributed by atoms with van der Waals surface area (Å²) in [5, 5.41) is 0. The van der Waals surface area contributed by atoms with E-state index in [0.717, 1.165) is 6.54 Å². The van der Waals surface area contributed by atoms with Crippen LogP contribution in [0.25, 0.3) is 0 Å². The first-order valence-corrected chi connectivity index (χ1v) is 7.93. The quantitative estimate of drug-likeness (QED) is 0.838. The van der Waals surface area contributed by atoms with Gasteiger partial charge in [0.05, 0.1) is 0 Å². The molecule has 0 aliphatic carbocycles. The lowest BCUT2D eigenvalue weighted by Crippen LogP contribution is -2.44. The van der Waals surface area contributed by atoms with Crippen LogP contribution < -0.4 is 4.90 Å². The lowest BCUT2D eigenvalue weighted by Gasteiger charge is -2.34. The Kier molecular flexibility index (Phi) is 4.53. The van der Waals surface area contributed by atoms with Crippen LogP contribution in [0.1, 0.15) is 24.8 Å². The maximum Gasteiger partial charge on any atom is 0.133 e. The topological polar surface area (TPSA) is 22.6 Å². The molecule has 2 fully saturated rings. The van der Waals surface area contributed by atoms with Gasteiger partial charge in [0.2, 0.25) is 0 Å². The molecule has 1 aromatic heterocycles. The van der Waals surface area contributed by atoms with Crippen molar-refractivity contribution in [1.82, 2.24) is 14.8 Å². The summed E-state index contributed by atoms with van der Waals surface area (Å²) in [6, 6.07) is 4.34. The minimum absolute atomic E-state index is 1.05. The van der Waals surface area contributed by atoms with Gasteiger partial charge in [0.25, 0.3) is 0 Å². The zero-order chi connectivity index (χ0) is 13.8. The maximum absolute atomic E-state index is 4.67. The smallest absolute Gasteiger partial charge is 0.133 e. The van der Waals surface area contributed by atoms with Crippen molar-refractivity contribution >= 4 is 5.82 Å². The van der Waals surface area contributed by atoms with Crippen LogP contribution in [-0.4, -0.2) is 61.1 Å². The molecule has 2 aliphatic rings. The third kappa shape index (κ3) is 3.30. The molecule has 4 nitrogen and oxygen atoms in total. The van der Waals surface area contributed by atoms with Gasteiger partial charge >= 0.3 is 0 Å². The van der Waals surface area contributed by atoms with Gasteiger partial charge in [0.1, 0.15) is 5.82 Å². The monoisotopic (exact) mass is 274 g/mol. The minimum atomic E-state index is 1.05. The fourth-order valence-corrected chi connectivity index (χ4v) is 3.19. The fraction of sp³-hybridized carbons (Fsp3) is 0.688. The summed E-state index contributed by atoms with van der Waals surface area (Å²) < 4.78 is 0. The molecule has 110 valence electrons. The Labute approximate surface area is 122 Å². The summed E-state index contributed by atoms with van der Waals surface area (Å²) in [5.41, 5.74) is 1.40. The van der Waals surface area contributed by atoms with E-state index in [4.69, 9.17) is 0 Å². The van der Waals surface area contributed by atoms with Crippen molar-refractivity contribution in [3.05, 3.63) is 23.9 Å². The van der Waals surface area contributed by atoms with E-state index in [0.29, 0.717) is 0 Å². The number of rotatable bonds is 3. The zero-order valence-electron chi connectivity index (χ0n) is 12.6. The van der Waals surface area contributed by atoms with E-state index in [1.54, 1.807) is 0 Å². The van der Waals surface area contributed by atoms with E-state index in [9.17, 15) is 0 Å². The summed E-state index contributed by atoms with van der Waals surface area (Å²) in [6.45, 7) is 8.10. The molecular formula is C16H26N4. The Balaban J connectivity index is 1.69. The summed E-state index contributed by atoms with van der Waals surface area (Å²) in [6.07, 6.45) is 5.93. The molecule has 2 saturated heterocycles. The van der Waals surface area contributed by atoms with E-state index in [1.165, 1.54) is 69.9 Å². The van der Waals surface area contributed by atoms with Crippen LogP contribution in [-0.2, 0) is 6.54 Å². The normalized spacial score (nSPS) is 22.1. The van der Waals surface area contributed by atoms with Crippen molar-refractivity contribution < 1.29 is 0 Å². The first-order valence-electron chi connectivity index (χ1n) is 7.93. The molecule has 1 aromatic rings. The third-order valence-electron chi connectivity index (χ3n) is 4.51. The van der Waals surface area contributed by atoms with Gasteiger partial charge in [-0.25, -0.2) is 4.98 Å². The molecular weight excluding hydrogens is 248 g/mol. The first-order chi connectivity index (χ1) is 9.83. The van der Waals surface area contributed by atoms with Crippen LogP contribution in [0.2, 0.25) is 0 Å². The molecule has 4 heteroatoms. The predicted octanol–water partition coefficient (Wildman–Crippen LogP) is 1.82. The van der Waals surface area contributed by atoms with Crippen LogP contribution in [0.5, 0.6) is 0 Å². The Hall–Kier alpha value is -1.13. The molecule has 0 bridgehead atoms. The van der Waals surface area contributed by atoms with E-state index in [2.05, 4.69) is 38.9 Å². The Morgan fingerprint density at radius 1 is 1.00 bits per heavy atom. The maximum atomic E-state index is 4.67. The highest BCUT2D eigenvalue weighted by Crippen LogP contribution is 2.23. The van der Waals surface area contributed by atoms with E-state index < -0.39 is 0 Å². The Morgan fingerprint density at radius 2 is 1.75 bits per heavy atom. The van der Waals surface area contributed by atoms with Gasteiger partial charge in [-0.15, -0.1) is 0 Å². The lowest BCUT2D eigenvalue weighted by atomic mass is 10.1. The molecule has 0 radical (unpaired) electrons. The summed E-state index contributed by atoms with van der Waals surface area (Å²) in [4.78, 5) is 12.1. The standard InChI is InChI=1S/C16H26N4/c1-18-10-12-19(13-11-18)14-15-6-5-7-17-16(15)20-8-3-2-4-9-20/h5-7H,2-4,8-14H2,1H3. The van der Waals surface area contributed by atoms with Crippen molar-refractivity contribution in [3.63, 3.8) is 0 Å². The number of hydrogen-bond donors (Lipinski definition) is 0. The molecule has 0 saturated carbocycles. The van der Waals surface area contributed by atoms with Crippen LogP contribution >= 0.6 is 0 Å². The Morgan fingerprint density at radius 3 is 2.50 bits per heavy atom. The number of piperidine rings is 1. The highest BCUT2D eigenvalue weighted by atomic mass is 15.3. The van der Waals surface area contributed by atoms with Crippen molar-refractivity contribution in [3.8, 4) is 0 Å². The number of likely N-dealkylation sites (N-methyl/N-ethyl adjacent to an activating group) is 1. The van der Waals surface area contributed by atoms with Crippen LogP contribution in [0.4, 0.5) is 5.82 Å². The van der Waals surface area contributed by atoms with Crippen LogP contribution in [0.3, 0.4) is 0 Å². The van der Waals surface area contributed by atoms with E-state index in [-0.39, 0.29) is 0 Å². The van der Waals surface area contributed by atoms with Gasteiger partial charge in [-0.1, -0.05) is 6.07 Å². The summed E-state index contributed by atoms with van der Waals surface area (Å²) >= 11 is 0. The molecule has 20 heavy (non-hydrogen) atoms. The van der Waals surface area contributed by atoms with Gasteiger partial charge in [0, 0.05) is 57.6 Å². The molecule has 0 aromatic carbocycles. The molecule has 0 amide bonds. The van der Waals surface area contributed by atoms with Gasteiger partial charge in [-0.3, -0.25) is 4.90 Å². The third-order valence-corrected chi connectivity index (χ3v) is 4.51. The molecule has 3 heterocycles. The SMILES string of the molecule is CN1CCN(Cc2cccnc2N2CCCCC2)CC1. The molecule has 0 unspecified atom stereocenters. The van der Waals surface area contributed by atoms with Gasteiger partial charge in [-0.2, -0.15) is 0 Å². The number of aromatic nitrogens is 1. The lowest BCUT2D eigenvalue weighted by molar-refractivity contribution is 0.148. The zero-order valence-corrected chi connectivity index (χ0v) is 12.6. The first kappa shape index (κ1) is 13.8. The Bertz CT molecular complexity index is 420. The summed E-state index contributed by atoms with van der Waals surface area (Å²) in [7, 11) is 2.21. The predicted molar refractivity (Wildman–Crippen MR) is 83.1 cm³/mol. The summed E-state index contributed by atoms with van der Waals surface area (Å²) in [5.74, 6) is 1.23. The van der Waals surface area contributed by atoms with Crippen molar-refractivity contribution in [1.29, 1.82) is 0 Å². The second-order valence-electron chi connectivity index (χ2n) is 6.11. The second-order valence-corrected chi connectivity index (χ2v) is 6.11. The van der Waals surface area contributed by atoms with Gasteiger partial charge < -0.3 is 9.80 Å². The molecule has 0 atom stereocenters. The average Bonchev–Trinajstić information content (AvgIpc) is 2.51. The fourth-order valence-electron chi connectivity index (χ4n) is 3.19. The minimum Gasteiger partial charge on any atom is -0.356 e. The largest absolute Gasteiger partial charge is 0.356 e. The van der Waals surface area contributed by atoms with Gasteiger partial charge in [0.15, 0.2) is 0 Å². The molecule has 3 rings (SSSR count). The number of pyridine rings is 1. The number of hydrogen-bond acceptors (Lipinski definition) is 4. The highest BCUT2D eigenvalue weighted by Gasteiger charge is 2.19. The molecule has 0 N–H and O–H groups in total. The van der Waals surface area contributed by atoms with E-state index in [1.807, 2.05) is 6.20 Å². The van der Waals surface area contributed by atoms with Crippen molar-refractivity contribution in [2.75, 3.05) is 51.2 Å². The van der Waals surface area contributed by atoms with Crippen molar-refractivity contribution in [2.24, 2.45) is 0 Å².